The lowest BCUT2D eigenvalue weighted by molar-refractivity contribution is 0.630. The molecule has 31 heavy (non-hydrogen) atoms. The first-order chi connectivity index (χ1) is 15.1. The number of aryl methyl sites for hydroxylation is 2. The van der Waals surface area contributed by atoms with Gasteiger partial charge in [-0.15, -0.1) is 20.4 Å². The van der Waals surface area contributed by atoms with E-state index in [4.69, 9.17) is 0 Å². The van der Waals surface area contributed by atoms with Crippen molar-refractivity contribution in [3.05, 3.63) is 59.0 Å². The highest BCUT2D eigenvalue weighted by Crippen LogP contribution is 2.17. The topological polar surface area (TPSA) is 122 Å². The second-order valence-corrected chi connectivity index (χ2v) is 7.64. The molecule has 0 aliphatic heterocycles. The van der Waals surface area contributed by atoms with Crippen LogP contribution in [0.4, 0.5) is 0 Å². The molecule has 0 saturated carbocycles. The van der Waals surface area contributed by atoms with E-state index in [9.17, 15) is 0 Å². The van der Waals surface area contributed by atoms with Gasteiger partial charge in [0.2, 0.25) is 11.6 Å². The third kappa shape index (κ3) is 3.86. The maximum Gasteiger partial charge on any atom is 0.205 e. The Hall–Kier alpha value is -3.75. The second-order valence-electron chi connectivity index (χ2n) is 6.54. The van der Waals surface area contributed by atoms with E-state index >= 15 is 0 Å². The van der Waals surface area contributed by atoms with Gasteiger partial charge in [0, 0.05) is 35.9 Å². The van der Waals surface area contributed by atoms with Crippen molar-refractivity contribution in [1.29, 1.82) is 0 Å². The minimum atomic E-state index is 0.614. The van der Waals surface area contributed by atoms with Crippen molar-refractivity contribution in [2.45, 2.75) is 0 Å². The molecule has 0 saturated heterocycles. The van der Waals surface area contributed by atoms with Gasteiger partial charge in [-0.2, -0.15) is 9.59 Å². The molecule has 6 aromatic heterocycles. The van der Waals surface area contributed by atoms with Crippen LogP contribution in [0.5, 0.6) is 0 Å². The van der Waals surface area contributed by atoms with Crippen LogP contribution < -0.4 is 0 Å². The Morgan fingerprint density at radius 1 is 0.774 bits per heavy atom. The van der Waals surface area contributed by atoms with Crippen molar-refractivity contribution < 1.29 is 0 Å². The molecule has 0 aliphatic rings. The lowest BCUT2D eigenvalue weighted by Crippen LogP contribution is -1.92. The molecule has 0 atom stereocenters. The standard InChI is InChI=1S/C9H7IN6.C9H8N6/c1-15-13-9(12-14-15)6-2-3-16-7(10)5-11-8(16)4-6;1-14-12-9(11-13-14)7-2-4-15-5-3-10-8(15)6-7/h2-5H,1H3;2-6H,1H3. The highest BCUT2D eigenvalue weighted by Gasteiger charge is 2.07. The monoisotopic (exact) mass is 526 g/mol. The van der Waals surface area contributed by atoms with Crippen molar-refractivity contribution in [1.82, 2.24) is 59.2 Å². The average Bonchev–Trinajstić information content (AvgIpc) is 3.56. The van der Waals surface area contributed by atoms with Gasteiger partial charge in [-0.05, 0) is 57.3 Å². The Labute approximate surface area is 188 Å². The summed E-state index contributed by atoms with van der Waals surface area (Å²) in [4.78, 5) is 11.4. The highest BCUT2D eigenvalue weighted by atomic mass is 127. The summed E-state index contributed by atoms with van der Waals surface area (Å²) in [6.45, 7) is 0. The molecule has 0 radical (unpaired) electrons. The van der Waals surface area contributed by atoms with Crippen molar-refractivity contribution in [3.8, 4) is 22.8 Å². The van der Waals surface area contributed by atoms with Gasteiger partial charge >= 0.3 is 0 Å². The minimum Gasteiger partial charge on any atom is -0.307 e. The van der Waals surface area contributed by atoms with Crippen LogP contribution in [0.2, 0.25) is 0 Å². The fourth-order valence-electron chi connectivity index (χ4n) is 2.94. The van der Waals surface area contributed by atoms with Gasteiger partial charge < -0.3 is 4.40 Å². The van der Waals surface area contributed by atoms with Crippen LogP contribution in [-0.4, -0.2) is 59.2 Å². The molecule has 0 amide bonds. The van der Waals surface area contributed by atoms with E-state index in [2.05, 4.69) is 63.4 Å². The van der Waals surface area contributed by atoms with Crippen LogP contribution >= 0.6 is 22.6 Å². The van der Waals surface area contributed by atoms with Gasteiger partial charge in [-0.25, -0.2) is 9.97 Å². The number of imidazole rings is 2. The zero-order valence-electron chi connectivity index (χ0n) is 16.4. The van der Waals surface area contributed by atoms with Crippen LogP contribution in [0.25, 0.3) is 34.1 Å². The van der Waals surface area contributed by atoms with Crippen LogP contribution in [0.1, 0.15) is 0 Å². The lowest BCUT2D eigenvalue weighted by Gasteiger charge is -1.97. The van der Waals surface area contributed by atoms with Crippen LogP contribution in [0, 0.1) is 3.70 Å². The summed E-state index contributed by atoms with van der Waals surface area (Å²) in [7, 11) is 3.48. The Morgan fingerprint density at radius 3 is 2.06 bits per heavy atom. The maximum atomic E-state index is 4.28. The van der Waals surface area contributed by atoms with Crippen LogP contribution in [0.15, 0.2) is 55.2 Å². The van der Waals surface area contributed by atoms with Gasteiger partial charge in [-0.1, -0.05) is 0 Å². The van der Waals surface area contributed by atoms with E-state index in [1.807, 2.05) is 57.9 Å². The van der Waals surface area contributed by atoms with Crippen molar-refractivity contribution >= 4 is 33.9 Å². The number of fused-ring (bicyclic) bond motifs is 2. The summed E-state index contributed by atoms with van der Waals surface area (Å²) in [5.41, 5.74) is 3.60. The quantitative estimate of drug-likeness (QED) is 0.313. The summed E-state index contributed by atoms with van der Waals surface area (Å²) >= 11 is 2.24. The van der Waals surface area contributed by atoms with E-state index in [0.717, 1.165) is 26.1 Å². The molecule has 154 valence electrons. The fourth-order valence-corrected chi connectivity index (χ4v) is 3.48. The maximum absolute atomic E-state index is 4.28. The molecule has 0 spiro atoms. The van der Waals surface area contributed by atoms with Crippen molar-refractivity contribution in [2.75, 3.05) is 0 Å². The number of pyridine rings is 2. The Kier molecular flexibility index (Phi) is 4.85. The number of halogens is 1. The largest absolute Gasteiger partial charge is 0.307 e. The fraction of sp³-hybridized carbons (Fsp3) is 0.111. The molecule has 0 N–H and O–H groups in total. The summed E-state index contributed by atoms with van der Waals surface area (Å²) in [6, 6.07) is 7.76. The van der Waals surface area contributed by atoms with E-state index in [0.29, 0.717) is 11.6 Å². The average molecular weight is 526 g/mol. The van der Waals surface area contributed by atoms with Crippen molar-refractivity contribution in [3.63, 3.8) is 0 Å². The zero-order chi connectivity index (χ0) is 21.4. The summed E-state index contributed by atoms with van der Waals surface area (Å²) < 4.78 is 5.01. The third-order valence-electron chi connectivity index (χ3n) is 4.40. The van der Waals surface area contributed by atoms with Crippen LogP contribution in [0.3, 0.4) is 0 Å². The van der Waals surface area contributed by atoms with Gasteiger partial charge in [0.25, 0.3) is 0 Å². The molecule has 6 rings (SSSR count). The van der Waals surface area contributed by atoms with Crippen LogP contribution in [-0.2, 0) is 14.1 Å². The number of nitrogens with zero attached hydrogens (tertiary/aromatic N) is 12. The predicted octanol–water partition coefficient (Wildman–Crippen LogP) is 1.65. The molecule has 12 nitrogen and oxygen atoms in total. The first-order valence-corrected chi connectivity index (χ1v) is 10.2. The highest BCUT2D eigenvalue weighted by molar-refractivity contribution is 14.1. The van der Waals surface area contributed by atoms with E-state index in [1.165, 1.54) is 9.59 Å². The van der Waals surface area contributed by atoms with Gasteiger partial charge in [0.15, 0.2) is 0 Å². The number of tetrazole rings is 2. The van der Waals surface area contributed by atoms with Crippen molar-refractivity contribution in [2.24, 2.45) is 14.1 Å². The smallest absolute Gasteiger partial charge is 0.205 e. The second kappa shape index (κ2) is 7.82. The lowest BCUT2D eigenvalue weighted by atomic mass is 10.2. The molecule has 6 heterocycles. The summed E-state index contributed by atoms with van der Waals surface area (Å²) in [6.07, 6.45) is 9.35. The minimum absolute atomic E-state index is 0.614. The number of aromatic nitrogens is 12. The molecule has 13 heteroatoms. The molecule has 0 fully saturated rings. The first kappa shape index (κ1) is 19.2. The number of hydrogen-bond donors (Lipinski definition) is 0. The third-order valence-corrected chi connectivity index (χ3v) is 5.20. The molecular weight excluding hydrogens is 511 g/mol. The SMILES string of the molecule is Cn1nnc(-c2ccn3c(I)cnc3c2)n1.Cn1nnc(-c2ccn3ccnc3c2)n1. The normalized spacial score (nSPS) is 11.1. The Bertz CT molecular complexity index is 1490. The van der Waals surface area contributed by atoms with Gasteiger partial charge in [-0.3, -0.25) is 4.40 Å². The molecule has 0 aliphatic carbocycles. The van der Waals surface area contributed by atoms with Gasteiger partial charge in [0.05, 0.1) is 20.3 Å². The van der Waals surface area contributed by atoms with E-state index < -0.39 is 0 Å². The van der Waals surface area contributed by atoms with Gasteiger partial charge in [0.1, 0.15) is 15.0 Å². The summed E-state index contributed by atoms with van der Waals surface area (Å²) in [5.74, 6) is 1.23. The predicted molar refractivity (Wildman–Crippen MR) is 119 cm³/mol. The zero-order valence-corrected chi connectivity index (χ0v) is 18.6. The Morgan fingerprint density at radius 2 is 1.42 bits per heavy atom. The first-order valence-electron chi connectivity index (χ1n) is 9.11. The van der Waals surface area contributed by atoms with E-state index in [-0.39, 0.29) is 0 Å². The molecule has 0 aromatic carbocycles. The van der Waals surface area contributed by atoms with E-state index in [1.54, 1.807) is 20.3 Å². The Balaban J connectivity index is 0.000000132. The number of hydrogen-bond acceptors (Lipinski definition) is 8. The molecule has 0 unspecified atom stereocenters. The number of rotatable bonds is 2. The summed E-state index contributed by atoms with van der Waals surface area (Å²) in [5, 5.41) is 23.8. The molecule has 6 aromatic rings. The molecule has 0 bridgehead atoms. The molecular formula is C18H15IN12.